The number of hydrogen-bond donors (Lipinski definition) is 1. The molecule has 2 aromatic rings. The summed E-state index contributed by atoms with van der Waals surface area (Å²) < 4.78 is 2.31. The van der Waals surface area contributed by atoms with Gasteiger partial charge in [-0.25, -0.2) is 4.98 Å². The number of aromatic nitrogens is 2. The maximum absolute atomic E-state index is 4.62. The highest BCUT2D eigenvalue weighted by atomic mass is 32.1. The average molecular weight is 220 g/mol. The number of rotatable bonds is 4. The molecule has 0 radical (unpaired) electrons. The molecule has 0 aliphatic heterocycles. The molecule has 15 heavy (non-hydrogen) atoms. The Kier molecular flexibility index (Phi) is 3.31. The van der Waals surface area contributed by atoms with Crippen LogP contribution in [-0.2, 0) is 13.0 Å². The Morgan fingerprint density at radius 2 is 2.13 bits per heavy atom. The first-order valence-electron chi connectivity index (χ1n) is 5.41. The monoisotopic (exact) mass is 220 g/mol. The van der Waals surface area contributed by atoms with Crippen LogP contribution < -0.4 is 0 Å². The lowest BCUT2D eigenvalue weighted by Crippen LogP contribution is -2.03. The summed E-state index contributed by atoms with van der Waals surface area (Å²) in [6.07, 6.45) is 2.08. The van der Waals surface area contributed by atoms with E-state index in [0.29, 0.717) is 0 Å². The van der Waals surface area contributed by atoms with Gasteiger partial charge in [-0.2, -0.15) is 12.6 Å². The smallest absolute Gasteiger partial charge is 0.109 e. The Bertz CT molecular complexity index is 448. The predicted octanol–water partition coefficient (Wildman–Crippen LogP) is 2.92. The summed E-state index contributed by atoms with van der Waals surface area (Å²) in [4.78, 5) is 4.62. The van der Waals surface area contributed by atoms with E-state index in [1.807, 2.05) is 6.07 Å². The van der Waals surface area contributed by atoms with Crippen molar-refractivity contribution >= 4 is 23.7 Å². The van der Waals surface area contributed by atoms with Gasteiger partial charge in [0.25, 0.3) is 0 Å². The van der Waals surface area contributed by atoms with E-state index < -0.39 is 0 Å². The van der Waals surface area contributed by atoms with Crippen molar-refractivity contribution in [2.45, 2.75) is 26.3 Å². The van der Waals surface area contributed by atoms with Gasteiger partial charge in [0.1, 0.15) is 5.82 Å². The Morgan fingerprint density at radius 3 is 2.87 bits per heavy atom. The zero-order valence-electron chi connectivity index (χ0n) is 8.98. The van der Waals surface area contributed by atoms with Gasteiger partial charge in [0.05, 0.1) is 11.0 Å². The van der Waals surface area contributed by atoms with E-state index in [9.17, 15) is 0 Å². The summed E-state index contributed by atoms with van der Waals surface area (Å²) in [5, 5.41) is 0. The van der Waals surface area contributed by atoms with E-state index in [1.54, 1.807) is 0 Å². The second kappa shape index (κ2) is 4.71. The van der Waals surface area contributed by atoms with Crippen molar-refractivity contribution in [1.82, 2.24) is 9.55 Å². The second-order valence-electron chi connectivity index (χ2n) is 3.60. The molecule has 2 nitrogen and oxygen atoms in total. The molecule has 0 saturated heterocycles. The molecule has 0 aliphatic carbocycles. The van der Waals surface area contributed by atoms with Gasteiger partial charge in [-0.3, -0.25) is 0 Å². The summed E-state index contributed by atoms with van der Waals surface area (Å²) >= 11 is 4.26. The number of benzene rings is 1. The first-order valence-corrected chi connectivity index (χ1v) is 6.05. The highest BCUT2D eigenvalue weighted by Crippen LogP contribution is 2.16. The maximum atomic E-state index is 4.62. The van der Waals surface area contributed by atoms with E-state index in [-0.39, 0.29) is 0 Å². The standard InChI is InChI=1S/C12H16N2S/c1-2-12-13-10-6-3-4-7-11(10)14(12)8-5-9-15/h3-4,6-7,15H,2,5,8-9H2,1H3. The molecule has 0 spiro atoms. The molecule has 1 aromatic heterocycles. The predicted molar refractivity (Wildman–Crippen MR) is 67.6 cm³/mol. The van der Waals surface area contributed by atoms with Crippen molar-refractivity contribution in [1.29, 1.82) is 0 Å². The van der Waals surface area contributed by atoms with Crippen LogP contribution in [0.5, 0.6) is 0 Å². The highest BCUT2D eigenvalue weighted by molar-refractivity contribution is 7.80. The first-order chi connectivity index (χ1) is 7.36. The minimum absolute atomic E-state index is 0.926. The van der Waals surface area contributed by atoms with Crippen molar-refractivity contribution < 1.29 is 0 Å². The van der Waals surface area contributed by atoms with Gasteiger partial charge in [-0.05, 0) is 24.3 Å². The third-order valence-corrected chi connectivity index (χ3v) is 2.91. The van der Waals surface area contributed by atoms with E-state index in [4.69, 9.17) is 0 Å². The average Bonchev–Trinajstić information content (AvgIpc) is 2.64. The fourth-order valence-electron chi connectivity index (χ4n) is 1.87. The van der Waals surface area contributed by atoms with Crippen LogP contribution in [0.25, 0.3) is 11.0 Å². The normalized spacial score (nSPS) is 11.1. The SMILES string of the molecule is CCc1nc2ccccc2n1CCCS. The van der Waals surface area contributed by atoms with Crippen LogP contribution in [0.15, 0.2) is 24.3 Å². The van der Waals surface area contributed by atoms with Gasteiger partial charge in [0.2, 0.25) is 0 Å². The Morgan fingerprint density at radius 1 is 1.33 bits per heavy atom. The van der Waals surface area contributed by atoms with Gasteiger partial charge < -0.3 is 4.57 Å². The van der Waals surface area contributed by atoms with Crippen LogP contribution in [0.1, 0.15) is 19.2 Å². The molecular formula is C12H16N2S. The summed E-state index contributed by atoms with van der Waals surface area (Å²) in [7, 11) is 0. The Hall–Kier alpha value is -0.960. The largest absolute Gasteiger partial charge is 0.328 e. The van der Waals surface area contributed by atoms with Gasteiger partial charge >= 0.3 is 0 Å². The molecule has 1 heterocycles. The molecule has 0 bridgehead atoms. The van der Waals surface area contributed by atoms with Gasteiger partial charge in [-0.1, -0.05) is 19.1 Å². The second-order valence-corrected chi connectivity index (χ2v) is 4.05. The van der Waals surface area contributed by atoms with E-state index in [0.717, 1.165) is 30.7 Å². The van der Waals surface area contributed by atoms with Crippen molar-refractivity contribution in [2.75, 3.05) is 5.75 Å². The van der Waals surface area contributed by atoms with Gasteiger partial charge in [-0.15, -0.1) is 0 Å². The van der Waals surface area contributed by atoms with Crippen molar-refractivity contribution in [2.24, 2.45) is 0 Å². The fraction of sp³-hybridized carbons (Fsp3) is 0.417. The molecule has 0 unspecified atom stereocenters. The van der Waals surface area contributed by atoms with E-state index >= 15 is 0 Å². The lowest BCUT2D eigenvalue weighted by atomic mass is 10.3. The molecule has 0 fully saturated rings. The topological polar surface area (TPSA) is 17.8 Å². The number of hydrogen-bond acceptors (Lipinski definition) is 2. The third kappa shape index (κ3) is 2.02. The molecule has 1 aromatic carbocycles. The molecular weight excluding hydrogens is 204 g/mol. The van der Waals surface area contributed by atoms with Crippen LogP contribution in [0.2, 0.25) is 0 Å². The fourth-order valence-corrected chi connectivity index (χ4v) is 2.02. The number of para-hydroxylation sites is 2. The minimum Gasteiger partial charge on any atom is -0.328 e. The summed E-state index contributed by atoms with van der Waals surface area (Å²) in [6.45, 7) is 3.17. The molecule has 80 valence electrons. The van der Waals surface area contributed by atoms with Crippen molar-refractivity contribution in [3.05, 3.63) is 30.1 Å². The van der Waals surface area contributed by atoms with Crippen LogP contribution in [0, 0.1) is 0 Å². The van der Waals surface area contributed by atoms with Crippen molar-refractivity contribution in [3.63, 3.8) is 0 Å². The zero-order chi connectivity index (χ0) is 10.7. The molecule has 2 rings (SSSR count). The molecule has 0 amide bonds. The van der Waals surface area contributed by atoms with Crippen LogP contribution in [-0.4, -0.2) is 15.3 Å². The number of aryl methyl sites for hydroxylation is 2. The molecule has 0 atom stereocenters. The summed E-state index contributed by atoms with van der Waals surface area (Å²) in [5.41, 5.74) is 2.35. The highest BCUT2D eigenvalue weighted by Gasteiger charge is 2.07. The van der Waals surface area contributed by atoms with E-state index in [1.165, 1.54) is 11.3 Å². The lowest BCUT2D eigenvalue weighted by molar-refractivity contribution is 0.664. The number of imidazole rings is 1. The molecule has 3 heteroatoms. The van der Waals surface area contributed by atoms with Gasteiger partial charge in [0, 0.05) is 13.0 Å². The quantitative estimate of drug-likeness (QED) is 0.784. The zero-order valence-corrected chi connectivity index (χ0v) is 9.87. The third-order valence-electron chi connectivity index (χ3n) is 2.59. The Balaban J connectivity index is 2.47. The maximum Gasteiger partial charge on any atom is 0.109 e. The number of nitrogens with zero attached hydrogens (tertiary/aromatic N) is 2. The van der Waals surface area contributed by atoms with Crippen LogP contribution >= 0.6 is 12.6 Å². The van der Waals surface area contributed by atoms with E-state index in [2.05, 4.69) is 47.3 Å². The molecule has 0 saturated carbocycles. The van der Waals surface area contributed by atoms with Gasteiger partial charge in [0.15, 0.2) is 0 Å². The summed E-state index contributed by atoms with van der Waals surface area (Å²) in [6, 6.07) is 8.32. The first kappa shape index (κ1) is 10.6. The molecule has 0 N–H and O–H groups in total. The van der Waals surface area contributed by atoms with Crippen LogP contribution in [0.4, 0.5) is 0 Å². The number of fused-ring (bicyclic) bond motifs is 1. The Labute approximate surface area is 95.7 Å². The number of thiol groups is 1. The summed E-state index contributed by atoms with van der Waals surface area (Å²) in [5.74, 6) is 2.10. The lowest BCUT2D eigenvalue weighted by Gasteiger charge is -2.06. The van der Waals surface area contributed by atoms with Crippen LogP contribution in [0.3, 0.4) is 0 Å². The minimum atomic E-state index is 0.926. The van der Waals surface area contributed by atoms with Crippen molar-refractivity contribution in [3.8, 4) is 0 Å². The molecule has 0 aliphatic rings.